The zero-order valence-corrected chi connectivity index (χ0v) is 9.55. The third kappa shape index (κ3) is 4.00. The first-order chi connectivity index (χ1) is 7.49. The van der Waals surface area contributed by atoms with Crippen LogP contribution in [-0.2, 0) is 11.3 Å². The lowest BCUT2D eigenvalue weighted by Gasteiger charge is -2.13. The van der Waals surface area contributed by atoms with Gasteiger partial charge in [0.05, 0.1) is 12.5 Å². The number of aliphatic hydroxyl groups excluding tert-OH is 1. The number of rotatable bonds is 5. The van der Waals surface area contributed by atoms with Crippen molar-refractivity contribution in [2.45, 2.75) is 19.1 Å². The first kappa shape index (κ1) is 12.7. The zero-order valence-electron chi connectivity index (χ0n) is 9.55. The summed E-state index contributed by atoms with van der Waals surface area (Å²) in [7, 11) is 3.92. The molecule has 0 aromatic heterocycles. The summed E-state index contributed by atoms with van der Waals surface area (Å²) in [5, 5.41) is 18.2. The molecule has 0 bridgehead atoms. The van der Waals surface area contributed by atoms with Crippen LogP contribution in [0.4, 0.5) is 0 Å². The van der Waals surface area contributed by atoms with Gasteiger partial charge < -0.3 is 15.1 Å². The third-order valence-electron chi connectivity index (χ3n) is 2.20. The molecule has 2 N–H and O–H groups in total. The highest BCUT2D eigenvalue weighted by molar-refractivity contribution is 5.67. The number of aliphatic hydroxyl groups is 1. The fourth-order valence-corrected chi connectivity index (χ4v) is 1.55. The maximum absolute atomic E-state index is 10.5. The van der Waals surface area contributed by atoms with E-state index < -0.39 is 12.1 Å². The van der Waals surface area contributed by atoms with Crippen LogP contribution in [0, 0.1) is 0 Å². The van der Waals surface area contributed by atoms with E-state index in [0.717, 1.165) is 12.1 Å². The molecular weight excluding hydrogens is 206 g/mol. The second-order valence-electron chi connectivity index (χ2n) is 4.10. The number of aliphatic carboxylic acids is 1. The fraction of sp³-hybridized carbons (Fsp3) is 0.417. The minimum Gasteiger partial charge on any atom is -0.481 e. The minimum absolute atomic E-state index is 0.259. The van der Waals surface area contributed by atoms with E-state index in [-0.39, 0.29) is 6.42 Å². The van der Waals surface area contributed by atoms with Crippen molar-refractivity contribution in [3.05, 3.63) is 35.4 Å². The maximum atomic E-state index is 10.5. The van der Waals surface area contributed by atoms with Crippen molar-refractivity contribution in [3.63, 3.8) is 0 Å². The van der Waals surface area contributed by atoms with Gasteiger partial charge in [-0.2, -0.15) is 0 Å². The Morgan fingerprint density at radius 3 is 2.69 bits per heavy atom. The second-order valence-corrected chi connectivity index (χ2v) is 4.10. The van der Waals surface area contributed by atoms with Crippen LogP contribution in [0.3, 0.4) is 0 Å². The summed E-state index contributed by atoms with van der Waals surface area (Å²) < 4.78 is 0. The Bertz CT molecular complexity index is 363. The number of hydrogen-bond acceptors (Lipinski definition) is 3. The van der Waals surface area contributed by atoms with Crippen LogP contribution >= 0.6 is 0 Å². The molecule has 1 atom stereocenters. The number of carboxylic acids is 1. The fourth-order valence-electron chi connectivity index (χ4n) is 1.55. The van der Waals surface area contributed by atoms with E-state index >= 15 is 0 Å². The average molecular weight is 223 g/mol. The number of hydrogen-bond donors (Lipinski definition) is 2. The Labute approximate surface area is 95.1 Å². The Morgan fingerprint density at radius 2 is 2.12 bits per heavy atom. The molecule has 16 heavy (non-hydrogen) atoms. The molecular formula is C12H17NO3. The van der Waals surface area contributed by atoms with Crippen molar-refractivity contribution in [1.82, 2.24) is 4.90 Å². The number of carbonyl (C=O) groups is 1. The Balaban J connectivity index is 2.77. The largest absolute Gasteiger partial charge is 0.481 e. The van der Waals surface area contributed by atoms with E-state index in [4.69, 9.17) is 5.11 Å². The van der Waals surface area contributed by atoms with Gasteiger partial charge in [-0.05, 0) is 25.2 Å². The zero-order chi connectivity index (χ0) is 12.1. The lowest BCUT2D eigenvalue weighted by atomic mass is 10.0. The molecule has 0 aliphatic heterocycles. The van der Waals surface area contributed by atoms with Gasteiger partial charge in [0.1, 0.15) is 0 Å². The summed E-state index contributed by atoms with van der Waals surface area (Å²) >= 11 is 0. The summed E-state index contributed by atoms with van der Waals surface area (Å²) in [4.78, 5) is 12.5. The highest BCUT2D eigenvalue weighted by Gasteiger charge is 2.12. The smallest absolute Gasteiger partial charge is 0.306 e. The molecule has 4 nitrogen and oxygen atoms in total. The van der Waals surface area contributed by atoms with Crippen LogP contribution in [0.25, 0.3) is 0 Å². The van der Waals surface area contributed by atoms with Crippen LogP contribution in [0.1, 0.15) is 23.7 Å². The SMILES string of the molecule is CN(C)Cc1cccc([C@H](O)CC(=O)O)c1. The first-order valence-electron chi connectivity index (χ1n) is 5.12. The highest BCUT2D eigenvalue weighted by atomic mass is 16.4. The molecule has 0 radical (unpaired) electrons. The second kappa shape index (κ2) is 5.63. The lowest BCUT2D eigenvalue weighted by Crippen LogP contribution is -2.11. The predicted octanol–water partition coefficient (Wildman–Crippen LogP) is 1.26. The minimum atomic E-state index is -0.995. The predicted molar refractivity (Wildman–Crippen MR) is 61.0 cm³/mol. The molecule has 0 amide bonds. The average Bonchev–Trinajstić information content (AvgIpc) is 2.16. The van der Waals surface area contributed by atoms with Gasteiger partial charge in [-0.1, -0.05) is 24.3 Å². The Kier molecular flexibility index (Phi) is 4.46. The topological polar surface area (TPSA) is 60.8 Å². The maximum Gasteiger partial charge on any atom is 0.306 e. The quantitative estimate of drug-likeness (QED) is 0.788. The van der Waals surface area contributed by atoms with Gasteiger partial charge in [-0.15, -0.1) is 0 Å². The summed E-state index contributed by atoms with van der Waals surface area (Å²) in [6.07, 6.45) is -1.19. The van der Waals surface area contributed by atoms with Crippen LogP contribution in [0.15, 0.2) is 24.3 Å². The molecule has 88 valence electrons. The molecule has 1 aromatic rings. The number of benzene rings is 1. The van der Waals surface area contributed by atoms with Crippen molar-refractivity contribution in [2.24, 2.45) is 0 Å². The van der Waals surface area contributed by atoms with E-state index in [1.165, 1.54) is 0 Å². The van der Waals surface area contributed by atoms with Gasteiger partial charge in [-0.25, -0.2) is 0 Å². The molecule has 0 aliphatic rings. The van der Waals surface area contributed by atoms with E-state index in [1.54, 1.807) is 6.07 Å². The number of carboxylic acid groups (broad SMARTS) is 1. The molecule has 0 heterocycles. The van der Waals surface area contributed by atoms with Crippen molar-refractivity contribution in [2.75, 3.05) is 14.1 Å². The van der Waals surface area contributed by atoms with E-state index in [9.17, 15) is 9.90 Å². The van der Waals surface area contributed by atoms with Crippen molar-refractivity contribution in [3.8, 4) is 0 Å². The van der Waals surface area contributed by atoms with Gasteiger partial charge in [0, 0.05) is 6.54 Å². The van der Waals surface area contributed by atoms with E-state index in [2.05, 4.69) is 0 Å². The first-order valence-corrected chi connectivity index (χ1v) is 5.12. The summed E-state index contributed by atoms with van der Waals surface area (Å²) in [6.45, 7) is 0.771. The summed E-state index contributed by atoms with van der Waals surface area (Å²) in [5.41, 5.74) is 1.72. The Hall–Kier alpha value is -1.39. The van der Waals surface area contributed by atoms with Crippen molar-refractivity contribution >= 4 is 5.97 Å². The molecule has 0 aliphatic carbocycles. The van der Waals surface area contributed by atoms with E-state index in [1.807, 2.05) is 37.2 Å². The van der Waals surface area contributed by atoms with Gasteiger partial charge >= 0.3 is 5.97 Å². The van der Waals surface area contributed by atoms with Crippen molar-refractivity contribution in [1.29, 1.82) is 0 Å². The monoisotopic (exact) mass is 223 g/mol. The third-order valence-corrected chi connectivity index (χ3v) is 2.20. The van der Waals surface area contributed by atoms with Gasteiger partial charge in [-0.3, -0.25) is 4.79 Å². The normalized spacial score (nSPS) is 12.8. The van der Waals surface area contributed by atoms with Crippen LogP contribution in [-0.4, -0.2) is 35.2 Å². The van der Waals surface area contributed by atoms with Gasteiger partial charge in [0.2, 0.25) is 0 Å². The van der Waals surface area contributed by atoms with Crippen LogP contribution < -0.4 is 0 Å². The highest BCUT2D eigenvalue weighted by Crippen LogP contribution is 2.18. The van der Waals surface area contributed by atoms with E-state index in [0.29, 0.717) is 5.56 Å². The molecule has 4 heteroatoms. The van der Waals surface area contributed by atoms with Crippen molar-refractivity contribution < 1.29 is 15.0 Å². The standard InChI is InChI=1S/C12H17NO3/c1-13(2)8-9-4-3-5-10(6-9)11(14)7-12(15)16/h3-6,11,14H,7-8H2,1-2H3,(H,15,16)/t11-/m1/s1. The van der Waals surface area contributed by atoms with Gasteiger partial charge in [0.25, 0.3) is 0 Å². The summed E-state index contributed by atoms with van der Waals surface area (Å²) in [5.74, 6) is -0.995. The van der Waals surface area contributed by atoms with Crippen LogP contribution in [0.5, 0.6) is 0 Å². The lowest BCUT2D eigenvalue weighted by molar-refractivity contribution is -0.139. The molecule has 0 spiro atoms. The summed E-state index contributed by atoms with van der Waals surface area (Å²) in [6, 6.07) is 7.37. The molecule has 1 aromatic carbocycles. The molecule has 0 unspecified atom stereocenters. The number of nitrogens with zero attached hydrogens (tertiary/aromatic N) is 1. The molecule has 1 rings (SSSR count). The molecule has 0 saturated heterocycles. The van der Waals surface area contributed by atoms with Gasteiger partial charge in [0.15, 0.2) is 0 Å². The van der Waals surface area contributed by atoms with Crippen LogP contribution in [0.2, 0.25) is 0 Å². The Morgan fingerprint density at radius 1 is 1.44 bits per heavy atom. The molecule has 0 saturated carbocycles. The molecule has 0 fully saturated rings.